The molecule has 0 saturated carbocycles. The molecule has 4 heteroatoms. The van der Waals surface area contributed by atoms with Gasteiger partial charge in [0.1, 0.15) is 0 Å². The first-order valence-corrected chi connectivity index (χ1v) is 10.0. The minimum Gasteiger partial charge on any atom is -0.394 e. The van der Waals surface area contributed by atoms with Gasteiger partial charge in [-0.3, -0.25) is 4.79 Å². The summed E-state index contributed by atoms with van der Waals surface area (Å²) in [6, 6.07) is 16.4. The standard InChI is InChI=1S/C23H30N2O2/c1-3-24(4-2)21-14-12-19(13-15-21)18-8-10-20(11-9-18)23(27)25-16-6-5-7-22(25)17-26/h8-15,22,26H,3-7,16-17H2,1-2H3/t22-/m1/s1. The lowest BCUT2D eigenvalue weighted by Gasteiger charge is -2.34. The number of carbonyl (C=O) groups is 1. The Morgan fingerprint density at radius 1 is 1.00 bits per heavy atom. The van der Waals surface area contributed by atoms with Crippen LogP contribution in [0.3, 0.4) is 0 Å². The first kappa shape index (κ1) is 19.4. The van der Waals surface area contributed by atoms with Crippen LogP contribution in [0, 0.1) is 0 Å². The summed E-state index contributed by atoms with van der Waals surface area (Å²) < 4.78 is 0. The third-order valence-electron chi connectivity index (χ3n) is 5.56. The van der Waals surface area contributed by atoms with E-state index < -0.39 is 0 Å². The van der Waals surface area contributed by atoms with E-state index in [0.717, 1.165) is 50.0 Å². The van der Waals surface area contributed by atoms with Gasteiger partial charge in [0.25, 0.3) is 5.91 Å². The SMILES string of the molecule is CCN(CC)c1ccc(-c2ccc(C(=O)N3CCCC[C@@H]3CO)cc2)cc1. The van der Waals surface area contributed by atoms with Crippen LogP contribution in [-0.2, 0) is 0 Å². The molecule has 1 heterocycles. The Balaban J connectivity index is 1.74. The molecule has 0 radical (unpaired) electrons. The van der Waals surface area contributed by atoms with E-state index in [1.165, 1.54) is 5.69 Å². The molecule has 1 saturated heterocycles. The third kappa shape index (κ3) is 4.33. The fraction of sp³-hybridized carbons (Fsp3) is 0.435. The average molecular weight is 367 g/mol. The van der Waals surface area contributed by atoms with E-state index in [1.807, 2.05) is 29.2 Å². The largest absolute Gasteiger partial charge is 0.394 e. The molecule has 0 unspecified atom stereocenters. The van der Waals surface area contributed by atoms with Gasteiger partial charge in [0.05, 0.1) is 12.6 Å². The van der Waals surface area contributed by atoms with E-state index in [9.17, 15) is 9.90 Å². The molecule has 2 aromatic rings. The Labute approximate surface area is 162 Å². The Morgan fingerprint density at radius 2 is 1.59 bits per heavy atom. The van der Waals surface area contributed by atoms with Crippen LogP contribution in [0.5, 0.6) is 0 Å². The van der Waals surface area contributed by atoms with E-state index in [0.29, 0.717) is 5.56 Å². The van der Waals surface area contributed by atoms with Gasteiger partial charge in [0.2, 0.25) is 0 Å². The van der Waals surface area contributed by atoms with Crippen LogP contribution in [0.2, 0.25) is 0 Å². The highest BCUT2D eigenvalue weighted by Gasteiger charge is 2.26. The van der Waals surface area contributed by atoms with E-state index in [1.54, 1.807) is 0 Å². The van der Waals surface area contributed by atoms with E-state index in [-0.39, 0.29) is 18.6 Å². The molecule has 1 amide bonds. The fourth-order valence-corrected chi connectivity index (χ4v) is 3.88. The summed E-state index contributed by atoms with van der Waals surface area (Å²) in [5.41, 5.74) is 4.18. The molecule has 2 aromatic carbocycles. The molecule has 1 aliphatic rings. The van der Waals surface area contributed by atoms with Crippen LogP contribution in [0.15, 0.2) is 48.5 Å². The molecule has 1 N–H and O–H groups in total. The van der Waals surface area contributed by atoms with Crippen molar-refractivity contribution in [1.29, 1.82) is 0 Å². The summed E-state index contributed by atoms with van der Waals surface area (Å²) in [6.45, 7) is 7.10. The summed E-state index contributed by atoms with van der Waals surface area (Å²) in [7, 11) is 0. The highest BCUT2D eigenvalue weighted by Crippen LogP contribution is 2.25. The van der Waals surface area contributed by atoms with Crippen LogP contribution in [0.25, 0.3) is 11.1 Å². The lowest BCUT2D eigenvalue weighted by molar-refractivity contribution is 0.0503. The zero-order valence-electron chi connectivity index (χ0n) is 16.4. The van der Waals surface area contributed by atoms with Crippen molar-refractivity contribution in [1.82, 2.24) is 4.90 Å². The maximum Gasteiger partial charge on any atom is 0.254 e. The summed E-state index contributed by atoms with van der Waals surface area (Å²) in [5, 5.41) is 9.55. The van der Waals surface area contributed by atoms with Gasteiger partial charge in [-0.1, -0.05) is 24.3 Å². The van der Waals surface area contributed by atoms with Crippen molar-refractivity contribution >= 4 is 11.6 Å². The maximum atomic E-state index is 12.8. The molecular weight excluding hydrogens is 336 g/mol. The van der Waals surface area contributed by atoms with Crippen LogP contribution < -0.4 is 4.90 Å². The number of nitrogens with zero attached hydrogens (tertiary/aromatic N) is 2. The number of benzene rings is 2. The Morgan fingerprint density at radius 3 is 2.15 bits per heavy atom. The van der Waals surface area contributed by atoms with Gasteiger partial charge in [0, 0.05) is 30.9 Å². The Kier molecular flexibility index (Phi) is 6.51. The molecule has 0 aromatic heterocycles. The van der Waals surface area contributed by atoms with Gasteiger partial charge in [-0.05, 0) is 68.5 Å². The van der Waals surface area contributed by atoms with Crippen LogP contribution in [-0.4, -0.2) is 48.2 Å². The number of piperidine rings is 1. The quantitative estimate of drug-likeness (QED) is 0.834. The lowest BCUT2D eigenvalue weighted by atomic mass is 10.00. The lowest BCUT2D eigenvalue weighted by Crippen LogP contribution is -2.45. The smallest absolute Gasteiger partial charge is 0.254 e. The first-order valence-electron chi connectivity index (χ1n) is 10.0. The number of amides is 1. The van der Waals surface area contributed by atoms with Gasteiger partial charge < -0.3 is 14.9 Å². The monoisotopic (exact) mass is 366 g/mol. The summed E-state index contributed by atoms with van der Waals surface area (Å²) in [4.78, 5) is 17.0. The number of hydrogen-bond donors (Lipinski definition) is 1. The summed E-state index contributed by atoms with van der Waals surface area (Å²) in [6.07, 6.45) is 2.98. The van der Waals surface area contributed by atoms with Gasteiger partial charge in [-0.25, -0.2) is 0 Å². The van der Waals surface area contributed by atoms with E-state index >= 15 is 0 Å². The second kappa shape index (κ2) is 9.05. The zero-order chi connectivity index (χ0) is 19.2. The van der Waals surface area contributed by atoms with Crippen LogP contribution >= 0.6 is 0 Å². The number of aliphatic hydroxyl groups is 1. The predicted molar refractivity (Wildman–Crippen MR) is 111 cm³/mol. The molecule has 4 nitrogen and oxygen atoms in total. The highest BCUT2D eigenvalue weighted by molar-refractivity contribution is 5.95. The molecule has 27 heavy (non-hydrogen) atoms. The number of rotatable bonds is 6. The normalized spacial score (nSPS) is 17.0. The molecule has 3 rings (SSSR count). The number of likely N-dealkylation sites (tertiary alicyclic amines) is 1. The van der Waals surface area contributed by atoms with Gasteiger partial charge in [0.15, 0.2) is 0 Å². The topological polar surface area (TPSA) is 43.8 Å². The van der Waals surface area contributed by atoms with Crippen molar-refractivity contribution in [2.75, 3.05) is 31.1 Å². The van der Waals surface area contributed by atoms with Gasteiger partial charge in [-0.15, -0.1) is 0 Å². The molecule has 0 aliphatic carbocycles. The molecular formula is C23H30N2O2. The number of aliphatic hydroxyl groups excluding tert-OH is 1. The van der Waals surface area contributed by atoms with Crippen molar-refractivity contribution in [2.24, 2.45) is 0 Å². The maximum absolute atomic E-state index is 12.8. The number of carbonyl (C=O) groups excluding carboxylic acids is 1. The second-order valence-corrected chi connectivity index (χ2v) is 7.13. The second-order valence-electron chi connectivity index (χ2n) is 7.13. The van der Waals surface area contributed by atoms with Crippen molar-refractivity contribution in [3.8, 4) is 11.1 Å². The molecule has 1 fully saturated rings. The summed E-state index contributed by atoms with van der Waals surface area (Å²) >= 11 is 0. The third-order valence-corrected chi connectivity index (χ3v) is 5.56. The first-order chi connectivity index (χ1) is 13.2. The number of hydrogen-bond acceptors (Lipinski definition) is 3. The number of anilines is 1. The molecule has 0 bridgehead atoms. The zero-order valence-corrected chi connectivity index (χ0v) is 16.4. The van der Waals surface area contributed by atoms with E-state index in [4.69, 9.17) is 0 Å². The van der Waals surface area contributed by atoms with Crippen LogP contribution in [0.1, 0.15) is 43.5 Å². The van der Waals surface area contributed by atoms with Gasteiger partial charge in [-0.2, -0.15) is 0 Å². The molecule has 1 aliphatic heterocycles. The minimum absolute atomic E-state index is 0.0252. The predicted octanol–water partition coefficient (Wildman–Crippen LogP) is 4.19. The molecule has 1 atom stereocenters. The Hall–Kier alpha value is -2.33. The van der Waals surface area contributed by atoms with Crippen molar-refractivity contribution in [3.05, 3.63) is 54.1 Å². The summed E-state index contributed by atoms with van der Waals surface area (Å²) in [5.74, 6) is 0.0252. The van der Waals surface area contributed by atoms with Crippen molar-refractivity contribution < 1.29 is 9.90 Å². The van der Waals surface area contributed by atoms with Crippen molar-refractivity contribution in [2.45, 2.75) is 39.2 Å². The highest BCUT2D eigenvalue weighted by atomic mass is 16.3. The van der Waals surface area contributed by atoms with Crippen molar-refractivity contribution in [3.63, 3.8) is 0 Å². The fourth-order valence-electron chi connectivity index (χ4n) is 3.88. The Bertz CT molecular complexity index is 736. The van der Waals surface area contributed by atoms with Gasteiger partial charge >= 0.3 is 0 Å². The average Bonchev–Trinajstić information content (AvgIpc) is 2.74. The van der Waals surface area contributed by atoms with E-state index in [2.05, 4.69) is 43.0 Å². The molecule has 0 spiro atoms. The minimum atomic E-state index is -0.0430. The van der Waals surface area contributed by atoms with Crippen LogP contribution in [0.4, 0.5) is 5.69 Å². The molecule has 144 valence electrons.